The van der Waals surface area contributed by atoms with E-state index in [1.54, 1.807) is 6.08 Å². The summed E-state index contributed by atoms with van der Waals surface area (Å²) in [6.07, 6.45) is 77.8. The summed E-state index contributed by atoms with van der Waals surface area (Å²) in [5.74, 6) is -0.514. The van der Waals surface area contributed by atoms with Gasteiger partial charge in [0.05, 0.1) is 18.8 Å². The van der Waals surface area contributed by atoms with Crippen LogP contribution >= 0.6 is 0 Å². The minimum atomic E-state index is -1.11. The Labute approximate surface area is 425 Å². The Morgan fingerprint density at radius 3 is 0.897 bits per heavy atom. The lowest BCUT2D eigenvalue weighted by molar-refractivity contribution is -0.131. The van der Waals surface area contributed by atoms with Gasteiger partial charge in [-0.3, -0.25) is 4.79 Å². The zero-order chi connectivity index (χ0) is 49.3. The molecule has 0 aromatic heterocycles. The van der Waals surface area contributed by atoms with Crippen molar-refractivity contribution in [3.05, 3.63) is 48.6 Å². The van der Waals surface area contributed by atoms with Crippen LogP contribution < -0.4 is 5.32 Å². The first kappa shape index (κ1) is 66.3. The summed E-state index contributed by atoms with van der Waals surface area (Å²) < 4.78 is 0. The Morgan fingerprint density at radius 1 is 0.353 bits per heavy atom. The molecule has 0 spiro atoms. The molecule has 0 saturated heterocycles. The molecule has 5 nitrogen and oxygen atoms in total. The highest BCUT2D eigenvalue weighted by molar-refractivity contribution is 5.80. The van der Waals surface area contributed by atoms with E-state index in [9.17, 15) is 20.1 Å². The third-order valence-electron chi connectivity index (χ3n) is 14.1. The van der Waals surface area contributed by atoms with E-state index in [0.29, 0.717) is 6.42 Å². The van der Waals surface area contributed by atoms with Crippen molar-refractivity contribution in [1.82, 2.24) is 5.32 Å². The van der Waals surface area contributed by atoms with Gasteiger partial charge < -0.3 is 20.6 Å². The number of hydrogen-bond donors (Lipinski definition) is 4. The third-order valence-corrected chi connectivity index (χ3v) is 14.1. The number of carbonyl (C=O) groups excluding carboxylic acids is 1. The predicted molar refractivity (Wildman–Crippen MR) is 301 cm³/mol. The fourth-order valence-corrected chi connectivity index (χ4v) is 9.39. The molecule has 3 atom stereocenters. The van der Waals surface area contributed by atoms with Crippen LogP contribution in [0.3, 0.4) is 0 Å². The van der Waals surface area contributed by atoms with Crippen LogP contribution in [0.4, 0.5) is 0 Å². The van der Waals surface area contributed by atoms with Gasteiger partial charge in [-0.1, -0.05) is 300 Å². The Kier molecular flexibility index (Phi) is 56.4. The Balaban J connectivity index is 3.60. The Hall–Kier alpha value is -1.69. The average Bonchev–Trinajstić information content (AvgIpc) is 3.34. The van der Waals surface area contributed by atoms with E-state index in [1.807, 2.05) is 6.08 Å². The summed E-state index contributed by atoms with van der Waals surface area (Å²) in [5, 5.41) is 33.4. The maximum Gasteiger partial charge on any atom is 0.249 e. The molecule has 3 unspecified atom stereocenters. The molecule has 0 heterocycles. The summed E-state index contributed by atoms with van der Waals surface area (Å²) in [4.78, 5) is 12.6. The zero-order valence-corrected chi connectivity index (χ0v) is 45.7. The van der Waals surface area contributed by atoms with Gasteiger partial charge in [-0.25, -0.2) is 0 Å². The minimum absolute atomic E-state index is 0.381. The summed E-state index contributed by atoms with van der Waals surface area (Å²) in [5.41, 5.74) is 0. The van der Waals surface area contributed by atoms with Gasteiger partial charge in [0.1, 0.15) is 6.10 Å². The van der Waals surface area contributed by atoms with Crippen molar-refractivity contribution in [3.63, 3.8) is 0 Å². The lowest BCUT2D eigenvalue weighted by atomic mass is 10.0. The van der Waals surface area contributed by atoms with Gasteiger partial charge >= 0.3 is 0 Å². The summed E-state index contributed by atoms with van der Waals surface area (Å²) >= 11 is 0. The highest BCUT2D eigenvalue weighted by atomic mass is 16.3. The largest absolute Gasteiger partial charge is 0.394 e. The van der Waals surface area contributed by atoms with Crippen molar-refractivity contribution in [2.24, 2.45) is 0 Å². The van der Waals surface area contributed by atoms with Crippen LogP contribution in [0.1, 0.15) is 322 Å². The summed E-state index contributed by atoms with van der Waals surface area (Å²) in [6.45, 7) is 4.20. The number of allylic oxidation sites excluding steroid dienone is 7. The number of amides is 1. The molecule has 0 aliphatic carbocycles. The van der Waals surface area contributed by atoms with Crippen LogP contribution in [-0.4, -0.2) is 46.1 Å². The van der Waals surface area contributed by atoms with Gasteiger partial charge in [0, 0.05) is 0 Å². The van der Waals surface area contributed by atoms with E-state index in [4.69, 9.17) is 0 Å². The van der Waals surface area contributed by atoms with Crippen molar-refractivity contribution < 1.29 is 20.1 Å². The second-order valence-corrected chi connectivity index (χ2v) is 20.9. The van der Waals surface area contributed by atoms with Crippen LogP contribution in [0.25, 0.3) is 0 Å². The van der Waals surface area contributed by atoms with Gasteiger partial charge in [-0.15, -0.1) is 0 Å². The lowest BCUT2D eigenvalue weighted by Gasteiger charge is -2.21. The molecule has 0 aromatic rings. The molecule has 0 fully saturated rings. The molecule has 5 heteroatoms. The van der Waals surface area contributed by atoms with Crippen molar-refractivity contribution in [1.29, 1.82) is 0 Å². The number of aliphatic hydroxyl groups excluding tert-OH is 3. The predicted octanol–water partition coefficient (Wildman–Crippen LogP) is 19.2. The van der Waals surface area contributed by atoms with Crippen LogP contribution in [0.15, 0.2) is 48.6 Å². The van der Waals surface area contributed by atoms with Gasteiger partial charge in [0.15, 0.2) is 0 Å². The molecule has 0 radical (unpaired) electrons. The van der Waals surface area contributed by atoms with Crippen molar-refractivity contribution in [2.75, 3.05) is 6.61 Å². The quantitative estimate of drug-likeness (QED) is 0.0361. The fourth-order valence-electron chi connectivity index (χ4n) is 9.39. The first-order valence-electron chi connectivity index (χ1n) is 30.5. The smallest absolute Gasteiger partial charge is 0.249 e. The molecule has 0 aliphatic heterocycles. The highest BCUT2D eigenvalue weighted by Crippen LogP contribution is 2.17. The van der Waals surface area contributed by atoms with Gasteiger partial charge in [0.25, 0.3) is 0 Å². The molecule has 68 heavy (non-hydrogen) atoms. The van der Waals surface area contributed by atoms with Crippen LogP contribution in [-0.2, 0) is 4.79 Å². The normalized spacial score (nSPS) is 13.5. The summed E-state index contributed by atoms with van der Waals surface area (Å²) in [7, 11) is 0. The summed E-state index contributed by atoms with van der Waals surface area (Å²) in [6, 6.07) is -0.823. The molecular formula is C63H119NO4. The third kappa shape index (κ3) is 52.1. The Morgan fingerprint density at radius 2 is 0.603 bits per heavy atom. The number of carbonyl (C=O) groups is 1. The maximum absolute atomic E-state index is 12.6. The first-order chi connectivity index (χ1) is 33.6. The number of unbranched alkanes of at least 4 members (excludes halogenated alkanes) is 42. The van der Waals surface area contributed by atoms with E-state index in [2.05, 4.69) is 55.6 Å². The standard InChI is InChI=1S/C63H119NO4/c1-3-5-7-9-11-13-15-17-19-21-23-25-27-29-30-31-32-34-36-38-40-42-44-46-48-50-52-54-56-58-62(67)63(68)64-60(59-65)61(66)57-55-53-51-49-47-45-43-41-39-37-35-33-28-26-24-22-20-18-16-14-12-10-8-6-4-2/h29-30,39,41,47,49,55,57,60-62,65-67H,3-28,31-38,40,42-46,48,50-54,56,58-59H2,1-2H3,(H,64,68)/b30-29-,41-39+,49-47+,57-55+. The fraction of sp³-hybridized carbons (Fsp3) is 0.857. The van der Waals surface area contributed by atoms with E-state index >= 15 is 0 Å². The second kappa shape index (κ2) is 57.9. The van der Waals surface area contributed by atoms with Crippen molar-refractivity contribution in [2.45, 2.75) is 340 Å². The van der Waals surface area contributed by atoms with Crippen LogP contribution in [0, 0.1) is 0 Å². The van der Waals surface area contributed by atoms with Gasteiger partial charge in [-0.05, 0) is 70.6 Å². The molecular weight excluding hydrogens is 835 g/mol. The maximum atomic E-state index is 12.6. The molecule has 4 N–H and O–H groups in total. The van der Waals surface area contributed by atoms with Crippen molar-refractivity contribution >= 4 is 5.91 Å². The SMILES string of the molecule is CCCCCCCCCCCCCC/C=C\CCCCCCCCCCCCCCCC(O)C(=O)NC(CO)C(O)/C=C/CC/C=C/CC/C=C/CCCCCCCCCCCCCCCCC. The van der Waals surface area contributed by atoms with Crippen LogP contribution in [0.2, 0.25) is 0 Å². The van der Waals surface area contributed by atoms with Gasteiger partial charge in [-0.2, -0.15) is 0 Å². The topological polar surface area (TPSA) is 89.8 Å². The highest BCUT2D eigenvalue weighted by Gasteiger charge is 2.22. The minimum Gasteiger partial charge on any atom is -0.394 e. The van der Waals surface area contributed by atoms with E-state index in [1.165, 1.54) is 257 Å². The molecule has 0 bridgehead atoms. The number of aliphatic hydroxyl groups is 3. The van der Waals surface area contributed by atoms with Crippen LogP contribution in [0.5, 0.6) is 0 Å². The van der Waals surface area contributed by atoms with E-state index < -0.39 is 24.2 Å². The average molecular weight is 955 g/mol. The number of hydrogen-bond acceptors (Lipinski definition) is 4. The molecule has 0 aliphatic rings. The lowest BCUT2D eigenvalue weighted by Crippen LogP contribution is -2.48. The molecule has 0 aromatic carbocycles. The second-order valence-electron chi connectivity index (χ2n) is 20.9. The zero-order valence-electron chi connectivity index (χ0n) is 45.7. The van der Waals surface area contributed by atoms with Crippen molar-refractivity contribution in [3.8, 4) is 0 Å². The molecule has 400 valence electrons. The van der Waals surface area contributed by atoms with E-state index in [-0.39, 0.29) is 6.61 Å². The monoisotopic (exact) mass is 954 g/mol. The number of rotatable bonds is 56. The molecule has 1 amide bonds. The van der Waals surface area contributed by atoms with E-state index in [0.717, 1.165) is 44.9 Å². The Bertz CT molecular complexity index is 1100. The molecule has 0 saturated carbocycles. The van der Waals surface area contributed by atoms with Gasteiger partial charge in [0.2, 0.25) is 5.91 Å². The first-order valence-corrected chi connectivity index (χ1v) is 30.5. The number of nitrogens with one attached hydrogen (secondary N) is 1. The molecule has 0 rings (SSSR count).